The molecule has 38 heavy (non-hydrogen) atoms. The highest BCUT2D eigenvalue weighted by Crippen LogP contribution is 2.35. The molecule has 4 aromatic rings. The minimum absolute atomic E-state index is 0.0500. The monoisotopic (exact) mass is 556 g/mol. The molecule has 7 nitrogen and oxygen atoms in total. The number of halogens is 2. The van der Waals surface area contributed by atoms with E-state index in [0.29, 0.717) is 11.2 Å². The minimum Gasteiger partial charge on any atom is -0.283 e. The van der Waals surface area contributed by atoms with E-state index < -0.39 is 32.5 Å². The number of hydrogen-bond donors (Lipinski definition) is 0. The largest absolute Gasteiger partial charge is 0.283 e. The highest BCUT2D eigenvalue weighted by atomic mass is 32.2. The van der Waals surface area contributed by atoms with Crippen molar-refractivity contribution in [3.63, 3.8) is 0 Å². The number of nitrogens with zero attached hydrogens (tertiary/aromatic N) is 4. The Balaban J connectivity index is 1.40. The number of aryl methyl sites for hydroxylation is 2. The Hall–Kier alpha value is -3.28. The molecule has 1 aliphatic heterocycles. The van der Waals surface area contributed by atoms with Gasteiger partial charge in [0.15, 0.2) is 5.13 Å². The van der Waals surface area contributed by atoms with Gasteiger partial charge in [0, 0.05) is 37.5 Å². The van der Waals surface area contributed by atoms with E-state index in [1.54, 1.807) is 17.3 Å². The first-order valence-electron chi connectivity index (χ1n) is 12.2. The predicted octanol–water partition coefficient (Wildman–Crippen LogP) is 5.22. The molecule has 0 aliphatic carbocycles. The highest BCUT2D eigenvalue weighted by Gasteiger charge is 2.36. The van der Waals surface area contributed by atoms with Crippen molar-refractivity contribution < 1.29 is 22.0 Å². The average Bonchev–Trinajstić information content (AvgIpc) is 3.36. The Morgan fingerprint density at radius 2 is 1.84 bits per heavy atom. The molecule has 0 radical (unpaired) electrons. The van der Waals surface area contributed by atoms with Crippen molar-refractivity contribution >= 4 is 42.6 Å². The van der Waals surface area contributed by atoms with Crippen LogP contribution < -0.4 is 4.90 Å². The standard InChI is InChI=1S/C27H26F2N4O3S2/c1-17-5-6-18(2)25-24(17)31-27(37-25)33(16-19-4-3-11-30-15-19)26(34)20-9-12-32(13-10-20)38(35,36)23-8-7-21(28)14-22(23)29/h3-8,11,14-15,20H,9-10,12-13,16H2,1-2H3. The summed E-state index contributed by atoms with van der Waals surface area (Å²) >= 11 is 1.46. The number of anilines is 1. The lowest BCUT2D eigenvalue weighted by molar-refractivity contribution is -0.123. The number of thiazole rings is 1. The van der Waals surface area contributed by atoms with Crippen LogP contribution >= 0.6 is 11.3 Å². The molecule has 198 valence electrons. The van der Waals surface area contributed by atoms with Gasteiger partial charge in [-0.15, -0.1) is 0 Å². The van der Waals surface area contributed by atoms with E-state index in [2.05, 4.69) is 4.98 Å². The van der Waals surface area contributed by atoms with E-state index in [1.807, 2.05) is 38.1 Å². The second-order valence-electron chi connectivity index (χ2n) is 9.41. The fraction of sp³-hybridized carbons (Fsp3) is 0.296. The second kappa shape index (κ2) is 10.5. The van der Waals surface area contributed by atoms with Crippen LogP contribution in [0.1, 0.15) is 29.5 Å². The van der Waals surface area contributed by atoms with Gasteiger partial charge in [-0.3, -0.25) is 14.7 Å². The summed E-state index contributed by atoms with van der Waals surface area (Å²) in [6.45, 7) is 4.38. The van der Waals surface area contributed by atoms with Crippen molar-refractivity contribution in [1.29, 1.82) is 0 Å². The lowest BCUT2D eigenvalue weighted by Gasteiger charge is -2.33. The molecule has 1 saturated heterocycles. The van der Waals surface area contributed by atoms with E-state index in [-0.39, 0.29) is 38.4 Å². The zero-order valence-electron chi connectivity index (χ0n) is 20.9. The quantitative estimate of drug-likeness (QED) is 0.325. The maximum atomic E-state index is 14.2. The number of carbonyl (C=O) groups excluding carboxylic acids is 1. The van der Waals surface area contributed by atoms with Gasteiger partial charge >= 0.3 is 0 Å². The molecular formula is C27H26F2N4O3S2. The smallest absolute Gasteiger partial charge is 0.245 e. The maximum Gasteiger partial charge on any atom is 0.245 e. The van der Waals surface area contributed by atoms with Crippen LogP contribution in [-0.2, 0) is 21.4 Å². The third-order valence-electron chi connectivity index (χ3n) is 6.81. The van der Waals surface area contributed by atoms with Crippen LogP contribution in [-0.4, -0.2) is 41.7 Å². The van der Waals surface area contributed by atoms with Crippen LogP contribution in [0.4, 0.5) is 13.9 Å². The fourth-order valence-corrected chi connectivity index (χ4v) is 7.30. The number of pyridine rings is 1. The summed E-state index contributed by atoms with van der Waals surface area (Å²) in [7, 11) is -4.16. The van der Waals surface area contributed by atoms with E-state index in [9.17, 15) is 22.0 Å². The van der Waals surface area contributed by atoms with Gasteiger partial charge in [0.2, 0.25) is 15.9 Å². The van der Waals surface area contributed by atoms with Gasteiger partial charge in [0.1, 0.15) is 16.5 Å². The third kappa shape index (κ3) is 5.05. The molecule has 2 aromatic carbocycles. The van der Waals surface area contributed by atoms with Gasteiger partial charge in [0.25, 0.3) is 0 Å². The lowest BCUT2D eigenvalue weighted by atomic mass is 9.96. The van der Waals surface area contributed by atoms with Gasteiger partial charge in [-0.1, -0.05) is 29.5 Å². The first-order chi connectivity index (χ1) is 18.1. The number of carbonyl (C=O) groups is 1. The second-order valence-corrected chi connectivity index (χ2v) is 12.3. The summed E-state index contributed by atoms with van der Waals surface area (Å²) in [5.74, 6) is -2.56. The Kier molecular flexibility index (Phi) is 7.26. The Bertz CT molecular complexity index is 1560. The lowest BCUT2D eigenvalue weighted by Crippen LogP contribution is -2.44. The van der Waals surface area contributed by atoms with Gasteiger partial charge in [0.05, 0.1) is 16.8 Å². The van der Waals surface area contributed by atoms with Crippen LogP contribution in [0.2, 0.25) is 0 Å². The number of aromatic nitrogens is 2. The van der Waals surface area contributed by atoms with Gasteiger partial charge in [-0.25, -0.2) is 22.2 Å². The van der Waals surface area contributed by atoms with Crippen LogP contribution in [0.5, 0.6) is 0 Å². The van der Waals surface area contributed by atoms with E-state index in [4.69, 9.17) is 4.98 Å². The normalized spacial score (nSPS) is 15.2. The molecule has 1 amide bonds. The molecule has 1 fully saturated rings. The van der Waals surface area contributed by atoms with Gasteiger partial charge in [-0.2, -0.15) is 4.31 Å². The van der Waals surface area contributed by atoms with E-state index in [0.717, 1.165) is 43.3 Å². The molecule has 0 spiro atoms. The molecule has 0 atom stereocenters. The van der Waals surface area contributed by atoms with Crippen LogP contribution in [0, 0.1) is 31.4 Å². The maximum absolute atomic E-state index is 14.2. The third-order valence-corrected chi connectivity index (χ3v) is 9.95. The van der Waals surface area contributed by atoms with E-state index in [1.165, 1.54) is 11.3 Å². The average molecular weight is 557 g/mol. The summed E-state index contributed by atoms with van der Waals surface area (Å²) in [6, 6.07) is 10.2. The first-order valence-corrected chi connectivity index (χ1v) is 14.4. The number of benzene rings is 2. The molecular weight excluding hydrogens is 530 g/mol. The summed E-state index contributed by atoms with van der Waals surface area (Å²) in [5.41, 5.74) is 3.81. The Morgan fingerprint density at radius 1 is 1.11 bits per heavy atom. The topological polar surface area (TPSA) is 83.5 Å². The van der Waals surface area contributed by atoms with Crippen molar-refractivity contribution in [2.24, 2.45) is 5.92 Å². The van der Waals surface area contributed by atoms with Gasteiger partial charge in [-0.05, 0) is 61.6 Å². The van der Waals surface area contributed by atoms with Crippen LogP contribution in [0.3, 0.4) is 0 Å². The highest BCUT2D eigenvalue weighted by molar-refractivity contribution is 7.89. The number of sulfonamides is 1. The zero-order chi connectivity index (χ0) is 27.0. The van der Waals surface area contributed by atoms with Crippen LogP contribution in [0.15, 0.2) is 59.8 Å². The summed E-state index contributed by atoms with van der Waals surface area (Å²) in [5, 5.41) is 0.578. The van der Waals surface area contributed by atoms with Crippen molar-refractivity contribution in [2.45, 2.75) is 38.1 Å². The minimum atomic E-state index is -4.16. The first kappa shape index (κ1) is 26.3. The SMILES string of the molecule is Cc1ccc(C)c2sc(N(Cc3cccnc3)C(=O)C3CCN(S(=O)(=O)c4ccc(F)cc4F)CC3)nc12. The molecule has 0 unspecified atom stereocenters. The summed E-state index contributed by atoms with van der Waals surface area (Å²) in [4.78, 5) is 24.0. The molecule has 11 heteroatoms. The molecule has 5 rings (SSSR count). The summed E-state index contributed by atoms with van der Waals surface area (Å²) in [6.07, 6.45) is 3.91. The Labute approximate surface area is 223 Å². The Morgan fingerprint density at radius 3 is 2.50 bits per heavy atom. The van der Waals surface area contributed by atoms with E-state index >= 15 is 0 Å². The van der Waals surface area contributed by atoms with Crippen molar-refractivity contribution in [2.75, 3.05) is 18.0 Å². The van der Waals surface area contributed by atoms with Gasteiger partial charge < -0.3 is 0 Å². The molecule has 1 aliphatic rings. The number of piperidine rings is 1. The molecule has 0 N–H and O–H groups in total. The van der Waals surface area contributed by atoms with Crippen molar-refractivity contribution in [3.8, 4) is 0 Å². The van der Waals surface area contributed by atoms with Crippen LogP contribution in [0.25, 0.3) is 10.2 Å². The van der Waals surface area contributed by atoms with Crippen molar-refractivity contribution in [3.05, 3.63) is 83.2 Å². The predicted molar refractivity (Wildman–Crippen MR) is 142 cm³/mol. The number of hydrogen-bond acceptors (Lipinski definition) is 6. The zero-order valence-corrected chi connectivity index (χ0v) is 22.5. The fourth-order valence-electron chi connectivity index (χ4n) is 4.66. The molecule has 0 bridgehead atoms. The molecule has 2 aromatic heterocycles. The summed E-state index contributed by atoms with van der Waals surface area (Å²) < 4.78 is 55.7. The molecule has 3 heterocycles. The number of rotatable bonds is 6. The number of fused-ring (bicyclic) bond motifs is 1. The van der Waals surface area contributed by atoms with Crippen molar-refractivity contribution in [1.82, 2.24) is 14.3 Å². The number of amides is 1. The molecule has 0 saturated carbocycles.